The van der Waals surface area contributed by atoms with E-state index in [-0.39, 0.29) is 36.0 Å². The van der Waals surface area contributed by atoms with Crippen LogP contribution < -0.4 is 5.32 Å². The molecule has 0 spiro atoms. The first-order chi connectivity index (χ1) is 11.7. The number of anilines is 1. The van der Waals surface area contributed by atoms with Crippen molar-refractivity contribution in [2.24, 2.45) is 5.10 Å². The van der Waals surface area contributed by atoms with Gasteiger partial charge in [-0.3, -0.25) is 9.59 Å². The summed E-state index contributed by atoms with van der Waals surface area (Å²) in [5, 5.41) is 7.90. The van der Waals surface area contributed by atoms with E-state index >= 15 is 0 Å². The van der Waals surface area contributed by atoms with Crippen LogP contribution in [0.15, 0.2) is 23.3 Å². The van der Waals surface area contributed by atoms with Crippen LogP contribution in [0.5, 0.6) is 0 Å². The zero-order valence-corrected chi connectivity index (χ0v) is 14.5. The number of rotatable bonds is 3. The first-order valence-electron chi connectivity index (χ1n) is 7.92. The lowest BCUT2D eigenvalue weighted by atomic mass is 10.1. The Hall–Kier alpha value is -2.29. The number of nitrogens with zero attached hydrogens (tertiary/aromatic N) is 2. The van der Waals surface area contributed by atoms with Gasteiger partial charge < -0.3 is 5.32 Å². The fourth-order valence-electron chi connectivity index (χ4n) is 2.95. The van der Waals surface area contributed by atoms with Gasteiger partial charge in [0.25, 0.3) is 5.91 Å². The van der Waals surface area contributed by atoms with E-state index < -0.39 is 27.6 Å². The van der Waals surface area contributed by atoms with Gasteiger partial charge in [0, 0.05) is 18.5 Å². The van der Waals surface area contributed by atoms with Gasteiger partial charge in [0.1, 0.15) is 11.5 Å². The van der Waals surface area contributed by atoms with Crippen LogP contribution in [0.4, 0.5) is 10.1 Å². The summed E-state index contributed by atoms with van der Waals surface area (Å²) in [5.41, 5.74) is 1.19. The zero-order chi connectivity index (χ0) is 18.2. The highest BCUT2D eigenvalue weighted by atomic mass is 32.2. The molecule has 1 atom stereocenters. The molecule has 2 aliphatic rings. The fraction of sp³-hybridized carbons (Fsp3) is 0.438. The summed E-state index contributed by atoms with van der Waals surface area (Å²) in [6.45, 7) is 1.67. The summed E-state index contributed by atoms with van der Waals surface area (Å²) < 4.78 is 36.4. The molecular weight excluding hydrogens is 349 g/mol. The van der Waals surface area contributed by atoms with E-state index in [0.29, 0.717) is 17.7 Å². The van der Waals surface area contributed by atoms with Gasteiger partial charge in [-0.2, -0.15) is 5.10 Å². The first kappa shape index (κ1) is 17.5. The molecule has 134 valence electrons. The molecule has 0 bridgehead atoms. The van der Waals surface area contributed by atoms with Gasteiger partial charge in [0.2, 0.25) is 5.91 Å². The maximum Gasteiger partial charge on any atom is 0.271 e. The van der Waals surface area contributed by atoms with Gasteiger partial charge >= 0.3 is 0 Å². The van der Waals surface area contributed by atoms with Gasteiger partial charge in [-0.25, -0.2) is 17.8 Å². The number of halogens is 1. The minimum absolute atomic E-state index is 0.0211. The van der Waals surface area contributed by atoms with Crippen LogP contribution in [0, 0.1) is 12.7 Å². The topological polar surface area (TPSA) is 95.9 Å². The second-order valence-corrected chi connectivity index (χ2v) is 8.48. The fourth-order valence-corrected chi connectivity index (χ4v) is 4.64. The lowest BCUT2D eigenvalue weighted by Crippen LogP contribution is -2.42. The van der Waals surface area contributed by atoms with Crippen molar-refractivity contribution in [1.82, 2.24) is 5.01 Å². The molecule has 0 aliphatic carbocycles. The minimum atomic E-state index is -3.16. The molecule has 0 aromatic heterocycles. The Balaban J connectivity index is 1.77. The number of carbonyl (C=O) groups is 2. The van der Waals surface area contributed by atoms with E-state index in [4.69, 9.17) is 0 Å². The Morgan fingerprint density at radius 1 is 1.36 bits per heavy atom. The largest absolute Gasteiger partial charge is 0.321 e. The summed E-state index contributed by atoms with van der Waals surface area (Å²) in [7, 11) is -3.16. The molecule has 1 aromatic carbocycles. The second-order valence-electron chi connectivity index (χ2n) is 6.26. The molecule has 2 aliphatic heterocycles. The molecule has 9 heteroatoms. The van der Waals surface area contributed by atoms with E-state index in [1.165, 1.54) is 18.2 Å². The number of hydrogen-bond donors (Lipinski definition) is 1. The quantitative estimate of drug-likeness (QED) is 0.869. The average Bonchev–Trinajstić information content (AvgIpc) is 2.90. The van der Waals surface area contributed by atoms with Gasteiger partial charge in [0.15, 0.2) is 9.84 Å². The third kappa shape index (κ3) is 3.87. The van der Waals surface area contributed by atoms with Crippen molar-refractivity contribution in [1.29, 1.82) is 0 Å². The van der Waals surface area contributed by atoms with Crippen molar-refractivity contribution in [3.05, 3.63) is 29.6 Å². The maximum atomic E-state index is 13.1. The van der Waals surface area contributed by atoms with Gasteiger partial charge in [0.05, 0.1) is 17.5 Å². The van der Waals surface area contributed by atoms with Crippen LogP contribution in [0.3, 0.4) is 0 Å². The van der Waals surface area contributed by atoms with Crippen LogP contribution >= 0.6 is 0 Å². The smallest absolute Gasteiger partial charge is 0.271 e. The minimum Gasteiger partial charge on any atom is -0.321 e. The van der Waals surface area contributed by atoms with E-state index in [0.717, 1.165) is 5.01 Å². The van der Waals surface area contributed by atoms with Crippen LogP contribution in [0.2, 0.25) is 0 Å². The molecule has 25 heavy (non-hydrogen) atoms. The molecule has 1 fully saturated rings. The van der Waals surface area contributed by atoms with Crippen LogP contribution in [-0.4, -0.2) is 48.5 Å². The molecular formula is C16H18FN3O4S. The van der Waals surface area contributed by atoms with Gasteiger partial charge in [-0.05, 0) is 37.1 Å². The predicted octanol–water partition coefficient (Wildman–Crippen LogP) is 1.24. The van der Waals surface area contributed by atoms with E-state index in [1.807, 2.05) is 0 Å². The second kappa shape index (κ2) is 6.55. The highest BCUT2D eigenvalue weighted by Crippen LogP contribution is 2.23. The Morgan fingerprint density at radius 2 is 2.12 bits per heavy atom. The molecule has 1 saturated heterocycles. The van der Waals surface area contributed by atoms with Gasteiger partial charge in [-0.1, -0.05) is 0 Å². The van der Waals surface area contributed by atoms with E-state index in [1.54, 1.807) is 6.92 Å². The van der Waals surface area contributed by atoms with Crippen LogP contribution in [-0.2, 0) is 19.4 Å². The van der Waals surface area contributed by atoms with E-state index in [9.17, 15) is 22.4 Å². The zero-order valence-electron chi connectivity index (χ0n) is 13.7. The number of carbonyl (C=O) groups excluding carboxylic acids is 2. The molecule has 0 unspecified atom stereocenters. The number of benzene rings is 1. The maximum absolute atomic E-state index is 13.1. The summed E-state index contributed by atoms with van der Waals surface area (Å²) >= 11 is 0. The number of amides is 2. The average molecular weight is 367 g/mol. The standard InChI is InChI=1S/C16H18FN3O4S/c1-10-8-11(17)2-3-13(10)18-16(22)14-4-5-15(21)20(19-14)12-6-7-25(23,24)9-12/h2-3,8,12H,4-7,9H2,1H3,(H,18,22)/t12-/m0/s1. The molecule has 3 rings (SSSR count). The third-order valence-corrected chi connectivity index (χ3v) is 6.06. The van der Waals surface area contributed by atoms with Crippen molar-refractivity contribution >= 4 is 33.1 Å². The molecule has 2 heterocycles. The lowest BCUT2D eigenvalue weighted by molar-refractivity contribution is -0.133. The Labute approximate surface area is 144 Å². The molecule has 2 amide bonds. The number of nitrogens with one attached hydrogen (secondary N) is 1. The molecule has 1 aromatic rings. The molecule has 0 radical (unpaired) electrons. The Morgan fingerprint density at radius 3 is 2.76 bits per heavy atom. The monoisotopic (exact) mass is 367 g/mol. The highest BCUT2D eigenvalue weighted by Gasteiger charge is 2.37. The Kier molecular flexibility index (Phi) is 4.59. The molecule has 1 N–H and O–H groups in total. The number of aryl methyl sites for hydroxylation is 1. The van der Waals surface area contributed by atoms with Crippen molar-refractivity contribution < 1.29 is 22.4 Å². The van der Waals surface area contributed by atoms with Crippen LogP contribution in [0.1, 0.15) is 24.8 Å². The highest BCUT2D eigenvalue weighted by molar-refractivity contribution is 7.91. The van der Waals surface area contributed by atoms with Crippen molar-refractivity contribution in [2.45, 2.75) is 32.2 Å². The van der Waals surface area contributed by atoms with E-state index in [2.05, 4.69) is 10.4 Å². The molecule has 7 nitrogen and oxygen atoms in total. The summed E-state index contributed by atoms with van der Waals surface area (Å²) in [4.78, 5) is 24.5. The van der Waals surface area contributed by atoms with Crippen molar-refractivity contribution in [2.75, 3.05) is 16.8 Å². The van der Waals surface area contributed by atoms with Crippen LogP contribution in [0.25, 0.3) is 0 Å². The molecule has 0 saturated carbocycles. The summed E-state index contributed by atoms with van der Waals surface area (Å²) in [5.74, 6) is -1.27. The van der Waals surface area contributed by atoms with Crippen molar-refractivity contribution in [3.8, 4) is 0 Å². The summed E-state index contributed by atoms with van der Waals surface area (Å²) in [6.07, 6.45) is 0.607. The van der Waals surface area contributed by atoms with Crippen molar-refractivity contribution in [3.63, 3.8) is 0 Å². The Bertz CT molecular complexity index is 866. The SMILES string of the molecule is Cc1cc(F)ccc1NC(=O)C1=NN([C@H]2CCS(=O)(=O)C2)C(=O)CC1. The normalized spacial score (nSPS) is 22.6. The number of hydrazone groups is 1. The first-order valence-corrected chi connectivity index (χ1v) is 9.75. The van der Waals surface area contributed by atoms with Gasteiger partial charge in [-0.15, -0.1) is 0 Å². The number of sulfone groups is 1. The predicted molar refractivity (Wildman–Crippen MR) is 90.3 cm³/mol. The number of hydrogen-bond acceptors (Lipinski definition) is 5. The third-order valence-electron chi connectivity index (χ3n) is 4.31. The summed E-state index contributed by atoms with van der Waals surface area (Å²) in [6, 6.07) is 3.48. The lowest BCUT2D eigenvalue weighted by Gasteiger charge is -2.27.